The third kappa shape index (κ3) is 4.67. The summed E-state index contributed by atoms with van der Waals surface area (Å²) in [4.78, 5) is 27.6. The lowest BCUT2D eigenvalue weighted by atomic mass is 10.2. The van der Waals surface area contributed by atoms with Crippen molar-refractivity contribution in [2.24, 2.45) is 5.73 Å². The first-order valence-electron chi connectivity index (χ1n) is 6.32. The number of aromatic nitrogens is 1. The van der Waals surface area contributed by atoms with Crippen LogP contribution in [-0.2, 0) is 11.3 Å². The van der Waals surface area contributed by atoms with Gasteiger partial charge in [0.15, 0.2) is 0 Å². The first-order valence-corrected chi connectivity index (χ1v) is 6.32. The fraction of sp³-hybridized carbons (Fsp3) is 0.462. The van der Waals surface area contributed by atoms with Crippen LogP contribution in [0.1, 0.15) is 36.3 Å². The van der Waals surface area contributed by atoms with E-state index >= 15 is 0 Å². The van der Waals surface area contributed by atoms with Crippen LogP contribution >= 0.6 is 0 Å². The Morgan fingerprint density at radius 2 is 2.21 bits per heavy atom. The lowest BCUT2D eigenvalue weighted by Gasteiger charge is -2.14. The van der Waals surface area contributed by atoms with Crippen molar-refractivity contribution in [2.45, 2.75) is 32.9 Å². The summed E-state index contributed by atoms with van der Waals surface area (Å²) in [5.41, 5.74) is 6.55. The molecule has 0 aliphatic rings. The van der Waals surface area contributed by atoms with Crippen LogP contribution in [0, 0.1) is 0 Å². The quantitative estimate of drug-likeness (QED) is 0.683. The van der Waals surface area contributed by atoms with Crippen molar-refractivity contribution >= 4 is 11.8 Å². The number of amides is 2. The molecule has 1 heterocycles. The zero-order valence-corrected chi connectivity index (χ0v) is 11.3. The maximum Gasteiger partial charge on any atom is 0.252 e. The predicted octanol–water partition coefficient (Wildman–Crippen LogP) is 0.185. The smallest absolute Gasteiger partial charge is 0.252 e. The molecule has 1 atom stereocenters. The van der Waals surface area contributed by atoms with Crippen LogP contribution in [0.4, 0.5) is 0 Å². The minimum absolute atomic E-state index is 0.191. The third-order valence-electron chi connectivity index (χ3n) is 2.58. The molecule has 6 heteroatoms. The summed E-state index contributed by atoms with van der Waals surface area (Å²) in [7, 11) is 0. The van der Waals surface area contributed by atoms with Crippen molar-refractivity contribution in [3.8, 4) is 0 Å². The van der Waals surface area contributed by atoms with E-state index in [0.717, 1.165) is 6.42 Å². The van der Waals surface area contributed by atoms with E-state index in [4.69, 9.17) is 5.73 Å². The van der Waals surface area contributed by atoms with Gasteiger partial charge in [-0.15, -0.1) is 0 Å². The fourth-order valence-electron chi connectivity index (χ4n) is 1.48. The van der Waals surface area contributed by atoms with Gasteiger partial charge in [0, 0.05) is 24.8 Å². The zero-order chi connectivity index (χ0) is 14.3. The normalized spacial score (nSPS) is 11.7. The number of nitrogens with two attached hydrogens (primary N) is 1. The average molecular weight is 264 g/mol. The molecule has 0 radical (unpaired) electrons. The SMILES string of the molecule is CCCNC(=O)C(C)NC(=O)c1ccnc(CN)c1. The molecule has 1 unspecified atom stereocenters. The number of carbonyl (C=O) groups excluding carboxylic acids is 2. The highest BCUT2D eigenvalue weighted by atomic mass is 16.2. The molecular weight excluding hydrogens is 244 g/mol. The lowest BCUT2D eigenvalue weighted by Crippen LogP contribution is -2.45. The molecule has 0 spiro atoms. The Bertz CT molecular complexity index is 448. The van der Waals surface area contributed by atoms with Gasteiger partial charge in [-0.05, 0) is 25.5 Å². The van der Waals surface area contributed by atoms with E-state index in [1.54, 1.807) is 19.1 Å². The molecule has 0 aliphatic heterocycles. The van der Waals surface area contributed by atoms with Crippen LogP contribution in [0.15, 0.2) is 18.3 Å². The maximum atomic E-state index is 11.9. The molecule has 0 bridgehead atoms. The van der Waals surface area contributed by atoms with Gasteiger partial charge in [0.05, 0.1) is 5.69 Å². The first-order chi connectivity index (χ1) is 9.08. The summed E-state index contributed by atoms with van der Waals surface area (Å²) in [6.45, 7) is 4.49. The Morgan fingerprint density at radius 3 is 2.84 bits per heavy atom. The van der Waals surface area contributed by atoms with E-state index in [-0.39, 0.29) is 18.4 Å². The van der Waals surface area contributed by atoms with Gasteiger partial charge in [-0.3, -0.25) is 14.6 Å². The fourth-order valence-corrected chi connectivity index (χ4v) is 1.48. The molecule has 1 aromatic heterocycles. The molecule has 0 aliphatic carbocycles. The minimum Gasteiger partial charge on any atom is -0.354 e. The van der Waals surface area contributed by atoms with Crippen LogP contribution in [0.2, 0.25) is 0 Å². The van der Waals surface area contributed by atoms with Gasteiger partial charge in [-0.25, -0.2) is 0 Å². The van der Waals surface area contributed by atoms with Crippen LogP contribution in [0.3, 0.4) is 0 Å². The highest BCUT2D eigenvalue weighted by molar-refractivity contribution is 5.97. The number of nitrogens with one attached hydrogen (secondary N) is 2. The molecule has 19 heavy (non-hydrogen) atoms. The number of hydrogen-bond acceptors (Lipinski definition) is 4. The Hall–Kier alpha value is -1.95. The average Bonchev–Trinajstić information content (AvgIpc) is 2.44. The summed E-state index contributed by atoms with van der Waals surface area (Å²) >= 11 is 0. The van der Waals surface area contributed by atoms with E-state index in [2.05, 4.69) is 15.6 Å². The van der Waals surface area contributed by atoms with Crippen LogP contribution in [0.25, 0.3) is 0 Å². The highest BCUT2D eigenvalue weighted by Crippen LogP contribution is 2.01. The number of pyridine rings is 1. The van der Waals surface area contributed by atoms with Gasteiger partial charge in [-0.2, -0.15) is 0 Å². The standard InChI is InChI=1S/C13H20N4O2/c1-3-5-16-12(18)9(2)17-13(19)10-4-6-15-11(7-10)8-14/h4,6-7,9H,3,5,8,14H2,1-2H3,(H,16,18)(H,17,19). The zero-order valence-electron chi connectivity index (χ0n) is 11.3. The predicted molar refractivity (Wildman–Crippen MR) is 72.4 cm³/mol. The maximum absolute atomic E-state index is 11.9. The van der Waals surface area contributed by atoms with Crippen LogP contribution in [0.5, 0.6) is 0 Å². The van der Waals surface area contributed by atoms with E-state index in [0.29, 0.717) is 17.8 Å². The second-order valence-corrected chi connectivity index (χ2v) is 4.23. The van der Waals surface area contributed by atoms with Gasteiger partial charge < -0.3 is 16.4 Å². The van der Waals surface area contributed by atoms with Crippen LogP contribution < -0.4 is 16.4 Å². The lowest BCUT2D eigenvalue weighted by molar-refractivity contribution is -0.122. The topological polar surface area (TPSA) is 97.1 Å². The van der Waals surface area contributed by atoms with Gasteiger partial charge >= 0.3 is 0 Å². The third-order valence-corrected chi connectivity index (χ3v) is 2.58. The van der Waals surface area contributed by atoms with Gasteiger partial charge in [-0.1, -0.05) is 6.92 Å². The molecule has 0 saturated heterocycles. The van der Waals surface area contributed by atoms with E-state index < -0.39 is 6.04 Å². The number of nitrogens with zero attached hydrogens (tertiary/aromatic N) is 1. The first kappa shape index (κ1) is 15.1. The number of carbonyl (C=O) groups is 2. The van der Waals surface area contributed by atoms with Crippen LogP contribution in [-0.4, -0.2) is 29.4 Å². The van der Waals surface area contributed by atoms with Crippen molar-refractivity contribution in [2.75, 3.05) is 6.54 Å². The Morgan fingerprint density at radius 1 is 1.47 bits per heavy atom. The molecule has 0 aromatic carbocycles. The molecule has 6 nitrogen and oxygen atoms in total. The van der Waals surface area contributed by atoms with E-state index in [1.807, 2.05) is 6.92 Å². The monoisotopic (exact) mass is 264 g/mol. The molecule has 2 amide bonds. The van der Waals surface area contributed by atoms with Gasteiger partial charge in [0.1, 0.15) is 6.04 Å². The second-order valence-electron chi connectivity index (χ2n) is 4.23. The Kier molecular flexibility index (Phi) is 5.95. The molecule has 4 N–H and O–H groups in total. The molecular formula is C13H20N4O2. The molecule has 0 saturated carbocycles. The summed E-state index contributed by atoms with van der Waals surface area (Å²) in [6.07, 6.45) is 2.38. The minimum atomic E-state index is -0.575. The number of rotatable bonds is 6. The summed E-state index contributed by atoms with van der Waals surface area (Å²) in [6, 6.07) is 2.63. The highest BCUT2D eigenvalue weighted by Gasteiger charge is 2.16. The summed E-state index contributed by atoms with van der Waals surface area (Å²) in [5.74, 6) is -0.500. The molecule has 1 aromatic rings. The largest absolute Gasteiger partial charge is 0.354 e. The molecule has 0 fully saturated rings. The second kappa shape index (κ2) is 7.48. The van der Waals surface area contributed by atoms with Crippen molar-refractivity contribution < 1.29 is 9.59 Å². The van der Waals surface area contributed by atoms with Gasteiger partial charge in [0.2, 0.25) is 5.91 Å². The Balaban J connectivity index is 2.60. The van der Waals surface area contributed by atoms with Crippen molar-refractivity contribution in [3.63, 3.8) is 0 Å². The van der Waals surface area contributed by atoms with Gasteiger partial charge in [0.25, 0.3) is 5.91 Å². The van der Waals surface area contributed by atoms with Crippen molar-refractivity contribution in [1.29, 1.82) is 0 Å². The molecule has 104 valence electrons. The Labute approximate surface area is 112 Å². The summed E-state index contributed by atoms with van der Waals surface area (Å²) in [5, 5.41) is 5.36. The van der Waals surface area contributed by atoms with E-state index in [9.17, 15) is 9.59 Å². The van der Waals surface area contributed by atoms with Crippen molar-refractivity contribution in [3.05, 3.63) is 29.6 Å². The van der Waals surface area contributed by atoms with E-state index in [1.165, 1.54) is 6.20 Å². The van der Waals surface area contributed by atoms with Crippen molar-refractivity contribution in [1.82, 2.24) is 15.6 Å². The molecule has 1 rings (SSSR count). The number of hydrogen-bond donors (Lipinski definition) is 3. The summed E-state index contributed by atoms with van der Waals surface area (Å²) < 4.78 is 0.